The minimum Gasteiger partial charge on any atom is -0.482 e. The van der Waals surface area contributed by atoms with E-state index in [1.165, 1.54) is 11.3 Å². The Labute approximate surface area is 131 Å². The van der Waals surface area contributed by atoms with E-state index in [4.69, 9.17) is 4.74 Å². The molecule has 1 aliphatic heterocycles. The molecule has 1 aromatic heterocycles. The van der Waals surface area contributed by atoms with Gasteiger partial charge in [0.1, 0.15) is 10.6 Å². The number of hydrogen-bond donors (Lipinski definition) is 2. The van der Waals surface area contributed by atoms with Crippen LogP contribution < -0.4 is 15.4 Å². The topological polar surface area (TPSA) is 80.3 Å². The zero-order valence-electron chi connectivity index (χ0n) is 12.2. The maximum atomic E-state index is 12.2. The number of hydrogen-bond acceptors (Lipinski definition) is 5. The number of aromatic nitrogens is 1. The third-order valence-corrected chi connectivity index (χ3v) is 4.36. The Morgan fingerprint density at radius 2 is 2.32 bits per heavy atom. The molecule has 6 nitrogen and oxygen atoms in total. The maximum absolute atomic E-state index is 12.2. The van der Waals surface area contributed by atoms with Crippen LogP contribution >= 0.6 is 11.3 Å². The summed E-state index contributed by atoms with van der Waals surface area (Å²) in [7, 11) is 0. The van der Waals surface area contributed by atoms with Crippen LogP contribution in [0.5, 0.6) is 5.75 Å². The number of rotatable bonds is 3. The van der Waals surface area contributed by atoms with Crippen molar-refractivity contribution in [2.24, 2.45) is 0 Å². The largest absolute Gasteiger partial charge is 0.482 e. The number of carbonyl (C=O) groups excluding carboxylic acids is 2. The van der Waals surface area contributed by atoms with Crippen LogP contribution in [0.2, 0.25) is 0 Å². The van der Waals surface area contributed by atoms with E-state index < -0.39 is 0 Å². The summed E-state index contributed by atoms with van der Waals surface area (Å²) in [6, 6.07) is 5.29. The Morgan fingerprint density at radius 1 is 1.50 bits per heavy atom. The first-order chi connectivity index (χ1) is 10.5. The third-order valence-electron chi connectivity index (χ3n) is 3.44. The Kier molecular flexibility index (Phi) is 3.81. The molecule has 0 saturated carbocycles. The van der Waals surface area contributed by atoms with E-state index in [1.807, 2.05) is 26.0 Å². The molecule has 3 rings (SSSR count). The fourth-order valence-corrected chi connectivity index (χ4v) is 2.94. The van der Waals surface area contributed by atoms with Crippen LogP contribution in [0.3, 0.4) is 0 Å². The number of anilines is 1. The normalized spacial score (nSPS) is 14.5. The molecule has 0 spiro atoms. The highest BCUT2D eigenvalue weighted by atomic mass is 32.1. The molecule has 0 fully saturated rings. The van der Waals surface area contributed by atoms with Crippen LogP contribution in [0.25, 0.3) is 0 Å². The molecular weight excluding hydrogens is 302 g/mol. The van der Waals surface area contributed by atoms with Crippen molar-refractivity contribution in [1.29, 1.82) is 0 Å². The zero-order valence-corrected chi connectivity index (χ0v) is 13.0. The van der Waals surface area contributed by atoms with Crippen molar-refractivity contribution in [2.45, 2.75) is 19.9 Å². The lowest BCUT2D eigenvalue weighted by Gasteiger charge is -2.20. The molecule has 1 unspecified atom stereocenters. The van der Waals surface area contributed by atoms with E-state index in [1.54, 1.807) is 11.6 Å². The average Bonchev–Trinajstić information content (AvgIpc) is 2.92. The molecule has 2 N–H and O–H groups in total. The molecule has 0 saturated heterocycles. The monoisotopic (exact) mass is 317 g/mol. The molecule has 0 aliphatic carbocycles. The lowest BCUT2D eigenvalue weighted by molar-refractivity contribution is -0.118. The van der Waals surface area contributed by atoms with Gasteiger partial charge in [-0.15, -0.1) is 11.3 Å². The van der Waals surface area contributed by atoms with Gasteiger partial charge in [-0.25, -0.2) is 4.98 Å². The van der Waals surface area contributed by atoms with Crippen molar-refractivity contribution in [3.05, 3.63) is 39.8 Å². The third kappa shape index (κ3) is 2.80. The fraction of sp³-hybridized carbons (Fsp3) is 0.267. The van der Waals surface area contributed by atoms with E-state index in [-0.39, 0.29) is 24.5 Å². The predicted octanol–water partition coefficient (Wildman–Crippen LogP) is 2.27. The molecule has 1 aliphatic rings. The minimum atomic E-state index is -0.196. The van der Waals surface area contributed by atoms with Crippen molar-refractivity contribution >= 4 is 28.8 Å². The summed E-state index contributed by atoms with van der Waals surface area (Å²) < 4.78 is 5.32. The predicted molar refractivity (Wildman–Crippen MR) is 83.3 cm³/mol. The highest BCUT2D eigenvalue weighted by Crippen LogP contribution is 2.30. The summed E-state index contributed by atoms with van der Waals surface area (Å²) in [5.74, 6) is 0.312. The summed E-state index contributed by atoms with van der Waals surface area (Å²) in [6.07, 6.45) is 0. The summed E-state index contributed by atoms with van der Waals surface area (Å²) in [5.41, 5.74) is 3.89. The number of carbonyl (C=O) groups is 2. The lowest BCUT2D eigenvalue weighted by atomic mass is 10.1. The van der Waals surface area contributed by atoms with E-state index in [2.05, 4.69) is 15.6 Å². The quantitative estimate of drug-likeness (QED) is 0.910. The molecule has 2 aromatic rings. The van der Waals surface area contributed by atoms with Crippen LogP contribution in [0.4, 0.5) is 5.69 Å². The number of aryl methyl sites for hydroxylation is 1. The van der Waals surface area contributed by atoms with Gasteiger partial charge in [0.15, 0.2) is 6.61 Å². The molecule has 1 atom stereocenters. The Bertz CT molecular complexity index is 741. The van der Waals surface area contributed by atoms with Crippen LogP contribution in [0, 0.1) is 6.92 Å². The highest BCUT2D eigenvalue weighted by Gasteiger charge is 2.19. The highest BCUT2D eigenvalue weighted by molar-refractivity contribution is 7.11. The molecule has 2 heterocycles. The summed E-state index contributed by atoms with van der Waals surface area (Å²) in [4.78, 5) is 28.3. The lowest BCUT2D eigenvalue weighted by Crippen LogP contribution is -2.28. The second-order valence-corrected chi connectivity index (χ2v) is 5.91. The number of nitrogens with one attached hydrogen (secondary N) is 2. The average molecular weight is 317 g/mol. The van der Waals surface area contributed by atoms with Gasteiger partial charge >= 0.3 is 0 Å². The Balaban J connectivity index is 1.76. The number of thiazole rings is 1. The minimum absolute atomic E-state index is 0.0310. The number of benzene rings is 1. The van der Waals surface area contributed by atoms with Gasteiger partial charge in [0.2, 0.25) is 0 Å². The number of fused-ring (bicyclic) bond motifs is 1. The molecule has 2 amide bonds. The molecule has 0 bridgehead atoms. The fourth-order valence-electron chi connectivity index (χ4n) is 2.24. The standard InChI is InChI=1S/C15H15N3O3S/c1-8(17-15(20)14-9(2)16-7-22-14)10-3-4-12-11(5-10)18-13(19)6-21-12/h3-5,7-8H,6H2,1-2H3,(H,17,20)(H,18,19). The van der Waals surface area contributed by atoms with Gasteiger partial charge in [0, 0.05) is 0 Å². The van der Waals surface area contributed by atoms with E-state index in [9.17, 15) is 9.59 Å². The first kappa shape index (κ1) is 14.5. The van der Waals surface area contributed by atoms with Crippen molar-refractivity contribution < 1.29 is 14.3 Å². The number of amides is 2. The van der Waals surface area contributed by atoms with Gasteiger partial charge in [0.05, 0.1) is 22.9 Å². The van der Waals surface area contributed by atoms with Crippen molar-refractivity contribution in [1.82, 2.24) is 10.3 Å². The molecular formula is C15H15N3O3S. The van der Waals surface area contributed by atoms with E-state index >= 15 is 0 Å². The second-order valence-electron chi connectivity index (χ2n) is 5.05. The second kappa shape index (κ2) is 5.76. The van der Waals surface area contributed by atoms with Crippen molar-refractivity contribution in [2.75, 3.05) is 11.9 Å². The number of ether oxygens (including phenoxy) is 1. The molecule has 114 valence electrons. The zero-order chi connectivity index (χ0) is 15.7. The van der Waals surface area contributed by atoms with Gasteiger partial charge in [-0.2, -0.15) is 0 Å². The van der Waals surface area contributed by atoms with Crippen LogP contribution in [0.15, 0.2) is 23.7 Å². The van der Waals surface area contributed by atoms with Gasteiger partial charge < -0.3 is 15.4 Å². The summed E-state index contributed by atoms with van der Waals surface area (Å²) in [5, 5.41) is 5.70. The van der Waals surface area contributed by atoms with Crippen LogP contribution in [-0.4, -0.2) is 23.4 Å². The molecule has 0 radical (unpaired) electrons. The maximum Gasteiger partial charge on any atom is 0.263 e. The Morgan fingerprint density at radius 3 is 3.05 bits per heavy atom. The van der Waals surface area contributed by atoms with Gasteiger partial charge in [0.25, 0.3) is 11.8 Å². The smallest absolute Gasteiger partial charge is 0.263 e. The molecule has 22 heavy (non-hydrogen) atoms. The molecule has 7 heteroatoms. The Hall–Kier alpha value is -2.41. The van der Waals surface area contributed by atoms with Gasteiger partial charge in [-0.3, -0.25) is 9.59 Å². The van der Waals surface area contributed by atoms with E-state index in [0.29, 0.717) is 16.3 Å². The number of nitrogens with zero attached hydrogens (tertiary/aromatic N) is 1. The SMILES string of the molecule is Cc1ncsc1C(=O)NC(C)c1ccc2c(c1)NC(=O)CO2. The molecule has 1 aromatic carbocycles. The van der Waals surface area contributed by atoms with Gasteiger partial charge in [-0.05, 0) is 31.5 Å². The van der Waals surface area contributed by atoms with Crippen molar-refractivity contribution in [3.63, 3.8) is 0 Å². The summed E-state index contributed by atoms with van der Waals surface area (Å²) >= 11 is 1.32. The summed E-state index contributed by atoms with van der Waals surface area (Å²) in [6.45, 7) is 3.73. The van der Waals surface area contributed by atoms with Crippen LogP contribution in [0.1, 0.15) is 33.9 Å². The van der Waals surface area contributed by atoms with Crippen LogP contribution in [-0.2, 0) is 4.79 Å². The van der Waals surface area contributed by atoms with Crippen molar-refractivity contribution in [3.8, 4) is 5.75 Å². The first-order valence-electron chi connectivity index (χ1n) is 6.82. The van der Waals surface area contributed by atoms with E-state index in [0.717, 1.165) is 11.3 Å². The van der Waals surface area contributed by atoms with Gasteiger partial charge in [-0.1, -0.05) is 6.07 Å². The first-order valence-corrected chi connectivity index (χ1v) is 7.70.